The van der Waals surface area contributed by atoms with E-state index in [1.165, 1.54) is 19.2 Å². The predicted molar refractivity (Wildman–Crippen MR) is 89.3 cm³/mol. The molecular formula is C12H19BrN2O4S2. The van der Waals surface area contributed by atoms with E-state index in [1.54, 1.807) is 11.8 Å². The van der Waals surface area contributed by atoms with Gasteiger partial charge >= 0.3 is 0 Å². The third-order valence-corrected chi connectivity index (χ3v) is 5.80. The summed E-state index contributed by atoms with van der Waals surface area (Å²) in [6, 6.07) is 2.89. The Bertz CT molecular complexity index is 567. The highest BCUT2D eigenvalue weighted by atomic mass is 79.9. The highest BCUT2D eigenvalue weighted by molar-refractivity contribution is 9.10. The third kappa shape index (κ3) is 5.67. The maximum Gasteiger partial charge on any atom is 0.244 e. The minimum atomic E-state index is -3.67. The number of thioether (sulfide) groups is 1. The molecule has 120 valence electrons. The van der Waals surface area contributed by atoms with Gasteiger partial charge in [0.15, 0.2) is 0 Å². The van der Waals surface area contributed by atoms with Crippen molar-refractivity contribution in [2.24, 2.45) is 0 Å². The van der Waals surface area contributed by atoms with Crippen molar-refractivity contribution in [2.75, 3.05) is 37.5 Å². The van der Waals surface area contributed by atoms with Crippen LogP contribution in [0.3, 0.4) is 0 Å². The van der Waals surface area contributed by atoms with E-state index < -0.39 is 10.0 Å². The number of hydrogen-bond donors (Lipinski definition) is 3. The van der Waals surface area contributed by atoms with E-state index in [0.29, 0.717) is 28.9 Å². The minimum absolute atomic E-state index is 0.0195. The maximum absolute atomic E-state index is 12.3. The van der Waals surface area contributed by atoms with Crippen LogP contribution in [0.25, 0.3) is 0 Å². The molecule has 1 aromatic rings. The van der Waals surface area contributed by atoms with Crippen LogP contribution in [-0.2, 0) is 10.0 Å². The predicted octanol–water partition coefficient (Wildman–Crippen LogP) is 1.43. The zero-order chi connectivity index (χ0) is 15.9. The van der Waals surface area contributed by atoms with Crippen molar-refractivity contribution in [2.45, 2.75) is 11.3 Å². The summed E-state index contributed by atoms with van der Waals surface area (Å²) >= 11 is 4.81. The van der Waals surface area contributed by atoms with Crippen molar-refractivity contribution in [1.82, 2.24) is 4.72 Å². The Hall–Kier alpha value is -0.480. The standard InChI is InChI=1S/C12H19BrN2O4S2/c1-19-11-7-9(13)10(14)8-12(11)21(17,18)15-3-6-20-5-2-4-16/h7-8,15-16H,2-6,14H2,1H3. The van der Waals surface area contributed by atoms with Crippen LogP contribution in [0.5, 0.6) is 5.75 Å². The van der Waals surface area contributed by atoms with Crippen LogP contribution in [0.4, 0.5) is 5.69 Å². The highest BCUT2D eigenvalue weighted by Gasteiger charge is 2.20. The molecule has 0 atom stereocenters. The van der Waals surface area contributed by atoms with Crippen LogP contribution in [0.15, 0.2) is 21.5 Å². The van der Waals surface area contributed by atoms with Crippen LogP contribution in [0.1, 0.15) is 6.42 Å². The largest absolute Gasteiger partial charge is 0.495 e. The highest BCUT2D eigenvalue weighted by Crippen LogP contribution is 2.32. The molecule has 0 aromatic heterocycles. The second kappa shape index (κ2) is 8.84. The fraction of sp³-hybridized carbons (Fsp3) is 0.500. The molecule has 0 aliphatic rings. The first-order chi connectivity index (χ1) is 9.92. The summed E-state index contributed by atoms with van der Waals surface area (Å²) in [5.74, 6) is 1.66. The molecule has 0 amide bonds. The van der Waals surface area contributed by atoms with Crippen molar-refractivity contribution in [3.8, 4) is 5.75 Å². The van der Waals surface area contributed by atoms with Crippen molar-refractivity contribution in [1.29, 1.82) is 0 Å². The van der Waals surface area contributed by atoms with Gasteiger partial charge in [0.25, 0.3) is 0 Å². The molecule has 0 fully saturated rings. The molecule has 0 saturated carbocycles. The molecule has 0 unspecified atom stereocenters. The maximum atomic E-state index is 12.3. The van der Waals surface area contributed by atoms with Gasteiger partial charge in [-0.2, -0.15) is 11.8 Å². The SMILES string of the molecule is COc1cc(Br)c(N)cc1S(=O)(=O)NCCSCCCO. The first kappa shape index (κ1) is 18.6. The Morgan fingerprint density at radius 2 is 2.14 bits per heavy atom. The molecule has 6 nitrogen and oxygen atoms in total. The molecule has 0 spiro atoms. The molecule has 0 aliphatic heterocycles. The number of anilines is 1. The van der Waals surface area contributed by atoms with E-state index >= 15 is 0 Å². The number of hydrogen-bond acceptors (Lipinski definition) is 6. The van der Waals surface area contributed by atoms with Gasteiger partial charge in [0, 0.05) is 29.1 Å². The fourth-order valence-corrected chi connectivity index (χ4v) is 3.97. The van der Waals surface area contributed by atoms with Gasteiger partial charge < -0.3 is 15.6 Å². The average Bonchev–Trinajstić information content (AvgIpc) is 2.45. The van der Waals surface area contributed by atoms with E-state index in [1.807, 2.05) is 0 Å². The number of rotatable bonds is 9. The topological polar surface area (TPSA) is 102 Å². The second-order valence-corrected chi connectivity index (χ2v) is 7.93. The number of nitrogen functional groups attached to an aromatic ring is 1. The van der Waals surface area contributed by atoms with Crippen molar-refractivity contribution < 1.29 is 18.3 Å². The Labute approximate surface area is 137 Å². The number of ether oxygens (including phenoxy) is 1. The Balaban J connectivity index is 2.72. The molecule has 9 heteroatoms. The number of sulfonamides is 1. The van der Waals surface area contributed by atoms with Crippen molar-refractivity contribution in [3.05, 3.63) is 16.6 Å². The van der Waals surface area contributed by atoms with Crippen LogP contribution < -0.4 is 15.2 Å². The Morgan fingerprint density at radius 1 is 1.43 bits per heavy atom. The number of aliphatic hydroxyl groups is 1. The summed E-state index contributed by atoms with van der Waals surface area (Å²) in [5.41, 5.74) is 6.06. The number of halogens is 1. The molecule has 1 rings (SSSR count). The number of methoxy groups -OCH3 is 1. The van der Waals surface area contributed by atoms with Gasteiger partial charge in [-0.15, -0.1) is 0 Å². The average molecular weight is 399 g/mol. The van der Waals surface area contributed by atoms with Gasteiger partial charge in [-0.3, -0.25) is 0 Å². The van der Waals surface area contributed by atoms with Gasteiger partial charge in [-0.05, 0) is 40.2 Å². The van der Waals surface area contributed by atoms with Crippen molar-refractivity contribution in [3.63, 3.8) is 0 Å². The minimum Gasteiger partial charge on any atom is -0.495 e. The van der Waals surface area contributed by atoms with Gasteiger partial charge in [0.1, 0.15) is 10.6 Å². The van der Waals surface area contributed by atoms with Crippen LogP contribution in [0.2, 0.25) is 0 Å². The normalized spacial score (nSPS) is 11.6. The van der Waals surface area contributed by atoms with Gasteiger partial charge in [-0.25, -0.2) is 13.1 Å². The summed E-state index contributed by atoms with van der Waals surface area (Å²) in [5, 5.41) is 8.65. The Morgan fingerprint density at radius 3 is 2.76 bits per heavy atom. The fourth-order valence-electron chi connectivity index (χ4n) is 1.52. The Kier molecular flexibility index (Phi) is 7.82. The third-order valence-electron chi connectivity index (χ3n) is 2.56. The van der Waals surface area contributed by atoms with E-state index in [4.69, 9.17) is 15.6 Å². The molecule has 0 aliphatic carbocycles. The number of benzene rings is 1. The molecular weight excluding hydrogens is 380 g/mol. The molecule has 21 heavy (non-hydrogen) atoms. The summed E-state index contributed by atoms with van der Waals surface area (Å²) < 4.78 is 32.7. The summed E-state index contributed by atoms with van der Waals surface area (Å²) in [6.07, 6.45) is 0.703. The molecule has 4 N–H and O–H groups in total. The molecule has 0 saturated heterocycles. The van der Waals surface area contributed by atoms with Gasteiger partial charge in [0.05, 0.1) is 7.11 Å². The van der Waals surface area contributed by atoms with Crippen LogP contribution in [0, 0.1) is 0 Å². The molecule has 0 radical (unpaired) electrons. The second-order valence-electron chi connectivity index (χ2n) is 4.11. The summed E-state index contributed by atoms with van der Waals surface area (Å²) in [4.78, 5) is 0.0195. The van der Waals surface area contributed by atoms with E-state index in [0.717, 1.165) is 5.75 Å². The van der Waals surface area contributed by atoms with Crippen molar-refractivity contribution >= 4 is 43.4 Å². The van der Waals surface area contributed by atoms with E-state index in [2.05, 4.69) is 20.7 Å². The lowest BCUT2D eigenvalue weighted by molar-refractivity contribution is 0.296. The lowest BCUT2D eigenvalue weighted by atomic mass is 10.3. The summed E-state index contributed by atoms with van der Waals surface area (Å²) in [6.45, 7) is 0.450. The molecule has 1 aromatic carbocycles. The zero-order valence-electron chi connectivity index (χ0n) is 11.6. The quantitative estimate of drug-likeness (QED) is 0.429. The summed E-state index contributed by atoms with van der Waals surface area (Å²) in [7, 11) is -2.27. The number of nitrogens with one attached hydrogen (secondary N) is 1. The number of aliphatic hydroxyl groups excluding tert-OH is 1. The molecule has 0 bridgehead atoms. The number of nitrogens with two attached hydrogens (primary N) is 1. The van der Waals surface area contributed by atoms with Crippen LogP contribution in [-0.4, -0.2) is 45.3 Å². The smallest absolute Gasteiger partial charge is 0.244 e. The van der Waals surface area contributed by atoms with Gasteiger partial charge in [0.2, 0.25) is 10.0 Å². The lowest BCUT2D eigenvalue weighted by Crippen LogP contribution is -2.26. The van der Waals surface area contributed by atoms with Gasteiger partial charge in [-0.1, -0.05) is 0 Å². The monoisotopic (exact) mass is 398 g/mol. The van der Waals surface area contributed by atoms with E-state index in [9.17, 15) is 8.42 Å². The first-order valence-corrected chi connectivity index (χ1v) is 9.66. The molecule has 0 heterocycles. The van der Waals surface area contributed by atoms with E-state index in [-0.39, 0.29) is 17.3 Å². The first-order valence-electron chi connectivity index (χ1n) is 6.23. The van der Waals surface area contributed by atoms with Crippen LogP contribution >= 0.6 is 27.7 Å². The zero-order valence-corrected chi connectivity index (χ0v) is 14.9. The lowest BCUT2D eigenvalue weighted by Gasteiger charge is -2.12.